The Kier molecular flexibility index (Phi) is 3.01. The summed E-state index contributed by atoms with van der Waals surface area (Å²) in [5.41, 5.74) is 2.67. The van der Waals surface area contributed by atoms with Crippen LogP contribution in [0.25, 0.3) is 22.1 Å². The van der Waals surface area contributed by atoms with Gasteiger partial charge in [0.1, 0.15) is 23.3 Å². The molecule has 3 aromatic heterocycles. The van der Waals surface area contributed by atoms with Crippen LogP contribution < -0.4 is 4.90 Å². The van der Waals surface area contributed by atoms with Gasteiger partial charge in [0.15, 0.2) is 11.5 Å². The topological polar surface area (TPSA) is 70.8 Å². The van der Waals surface area contributed by atoms with E-state index in [9.17, 15) is 0 Å². The SMILES string of the molecule is c1ccc2oc(C3CCCN(c4ncnc5[nH]ccc45)C3)nc2c1. The highest BCUT2D eigenvalue weighted by Crippen LogP contribution is 2.32. The standard InChI is InChI=1S/C18H17N5O/c1-2-6-15-14(5-1)22-18(24-15)12-4-3-9-23(10-12)17-13-7-8-19-16(13)20-11-21-17/h1-2,5-8,11-12H,3-4,9-10H2,(H,19,20,21). The summed E-state index contributed by atoms with van der Waals surface area (Å²) in [4.78, 5) is 19.0. The van der Waals surface area contributed by atoms with Crippen LogP contribution in [0.2, 0.25) is 0 Å². The van der Waals surface area contributed by atoms with Crippen molar-refractivity contribution in [2.24, 2.45) is 0 Å². The first-order chi connectivity index (χ1) is 11.9. The molecule has 0 radical (unpaired) electrons. The lowest BCUT2D eigenvalue weighted by atomic mass is 9.98. The Morgan fingerprint density at radius 2 is 2.12 bits per heavy atom. The molecule has 1 fully saturated rings. The molecule has 1 saturated heterocycles. The number of hydrogen-bond donors (Lipinski definition) is 1. The number of aromatic nitrogens is 4. The van der Waals surface area contributed by atoms with E-state index in [0.29, 0.717) is 0 Å². The van der Waals surface area contributed by atoms with E-state index in [-0.39, 0.29) is 5.92 Å². The van der Waals surface area contributed by atoms with Crippen molar-refractivity contribution in [3.63, 3.8) is 0 Å². The van der Waals surface area contributed by atoms with Crippen molar-refractivity contribution in [1.82, 2.24) is 19.9 Å². The first kappa shape index (κ1) is 13.5. The molecule has 5 rings (SSSR count). The van der Waals surface area contributed by atoms with Crippen LogP contribution in [0.4, 0.5) is 5.82 Å². The summed E-state index contributed by atoms with van der Waals surface area (Å²) in [7, 11) is 0. The number of H-pyrrole nitrogens is 1. The van der Waals surface area contributed by atoms with E-state index in [2.05, 4.69) is 24.8 Å². The van der Waals surface area contributed by atoms with E-state index < -0.39 is 0 Å². The van der Waals surface area contributed by atoms with Gasteiger partial charge in [-0.15, -0.1) is 0 Å². The van der Waals surface area contributed by atoms with Gasteiger partial charge in [-0.3, -0.25) is 0 Å². The minimum absolute atomic E-state index is 0.287. The number of nitrogens with zero attached hydrogens (tertiary/aromatic N) is 4. The molecule has 120 valence electrons. The molecule has 1 N–H and O–H groups in total. The first-order valence-corrected chi connectivity index (χ1v) is 8.27. The Balaban J connectivity index is 1.48. The number of hydrogen-bond acceptors (Lipinski definition) is 5. The maximum absolute atomic E-state index is 5.99. The van der Waals surface area contributed by atoms with Crippen molar-refractivity contribution < 1.29 is 4.42 Å². The number of oxazole rings is 1. The summed E-state index contributed by atoms with van der Waals surface area (Å²) in [5.74, 6) is 2.11. The van der Waals surface area contributed by atoms with Gasteiger partial charge in [0.2, 0.25) is 0 Å². The van der Waals surface area contributed by atoms with Crippen LogP contribution in [0.3, 0.4) is 0 Å². The van der Waals surface area contributed by atoms with Crippen molar-refractivity contribution in [3.8, 4) is 0 Å². The monoisotopic (exact) mass is 319 g/mol. The van der Waals surface area contributed by atoms with Gasteiger partial charge < -0.3 is 14.3 Å². The molecule has 1 atom stereocenters. The molecular formula is C18H17N5O. The maximum Gasteiger partial charge on any atom is 0.200 e. The Bertz CT molecular complexity index is 972. The average molecular weight is 319 g/mol. The molecule has 0 aliphatic carbocycles. The molecule has 1 aliphatic rings. The zero-order chi connectivity index (χ0) is 15.9. The zero-order valence-electron chi connectivity index (χ0n) is 13.1. The molecule has 1 unspecified atom stereocenters. The number of anilines is 1. The lowest BCUT2D eigenvalue weighted by molar-refractivity contribution is 0.413. The van der Waals surface area contributed by atoms with Gasteiger partial charge in [0.25, 0.3) is 0 Å². The number of para-hydroxylation sites is 2. The fourth-order valence-electron chi connectivity index (χ4n) is 3.55. The second kappa shape index (κ2) is 5.33. The molecule has 0 amide bonds. The first-order valence-electron chi connectivity index (χ1n) is 8.27. The van der Waals surface area contributed by atoms with Gasteiger partial charge in [0, 0.05) is 19.3 Å². The third kappa shape index (κ3) is 2.14. The Morgan fingerprint density at radius 1 is 1.17 bits per heavy atom. The van der Waals surface area contributed by atoms with E-state index in [1.165, 1.54) is 0 Å². The molecule has 1 aromatic carbocycles. The molecule has 24 heavy (non-hydrogen) atoms. The molecule has 6 nitrogen and oxygen atoms in total. The molecule has 6 heteroatoms. The lowest BCUT2D eigenvalue weighted by Crippen LogP contribution is -2.35. The van der Waals surface area contributed by atoms with Gasteiger partial charge in [0.05, 0.1) is 11.3 Å². The Morgan fingerprint density at radius 3 is 3.08 bits per heavy atom. The van der Waals surface area contributed by atoms with Crippen molar-refractivity contribution >= 4 is 28.0 Å². The summed E-state index contributed by atoms with van der Waals surface area (Å²) in [5, 5.41) is 1.07. The number of rotatable bonds is 2. The van der Waals surface area contributed by atoms with E-state index in [0.717, 1.165) is 59.8 Å². The number of benzene rings is 1. The minimum atomic E-state index is 0.287. The van der Waals surface area contributed by atoms with Crippen molar-refractivity contribution in [1.29, 1.82) is 0 Å². The molecule has 1 aliphatic heterocycles. The third-order valence-electron chi connectivity index (χ3n) is 4.71. The molecule has 0 bridgehead atoms. The Hall–Kier alpha value is -2.89. The molecular weight excluding hydrogens is 302 g/mol. The van der Waals surface area contributed by atoms with Crippen molar-refractivity contribution in [2.45, 2.75) is 18.8 Å². The number of piperidine rings is 1. The highest BCUT2D eigenvalue weighted by Gasteiger charge is 2.27. The molecule has 0 spiro atoms. The maximum atomic E-state index is 5.99. The number of fused-ring (bicyclic) bond motifs is 2. The van der Waals surface area contributed by atoms with E-state index in [1.54, 1.807) is 6.33 Å². The van der Waals surface area contributed by atoms with Crippen LogP contribution in [-0.2, 0) is 0 Å². The van der Waals surface area contributed by atoms with E-state index >= 15 is 0 Å². The zero-order valence-corrected chi connectivity index (χ0v) is 13.1. The molecule has 0 saturated carbocycles. The van der Waals surface area contributed by atoms with Crippen molar-refractivity contribution in [3.05, 3.63) is 48.7 Å². The van der Waals surface area contributed by atoms with E-state index in [1.807, 2.05) is 36.5 Å². The normalized spacial score (nSPS) is 18.5. The van der Waals surface area contributed by atoms with Crippen LogP contribution in [0, 0.1) is 0 Å². The van der Waals surface area contributed by atoms with Crippen LogP contribution in [0.15, 0.2) is 47.3 Å². The summed E-state index contributed by atoms with van der Waals surface area (Å²) in [6, 6.07) is 9.98. The van der Waals surface area contributed by atoms with Crippen LogP contribution >= 0.6 is 0 Å². The highest BCUT2D eigenvalue weighted by atomic mass is 16.3. The van der Waals surface area contributed by atoms with Gasteiger partial charge in [-0.25, -0.2) is 15.0 Å². The molecule has 4 heterocycles. The quantitative estimate of drug-likeness (QED) is 0.612. The number of aromatic amines is 1. The van der Waals surface area contributed by atoms with Crippen molar-refractivity contribution in [2.75, 3.05) is 18.0 Å². The summed E-state index contributed by atoms with van der Waals surface area (Å²) < 4.78 is 5.99. The van der Waals surface area contributed by atoms with Crippen LogP contribution in [0.1, 0.15) is 24.7 Å². The summed E-state index contributed by atoms with van der Waals surface area (Å²) >= 11 is 0. The average Bonchev–Trinajstić information content (AvgIpc) is 3.28. The van der Waals surface area contributed by atoms with Crippen LogP contribution in [-0.4, -0.2) is 33.0 Å². The fraction of sp³-hybridized carbons (Fsp3) is 0.278. The van der Waals surface area contributed by atoms with Gasteiger partial charge in [-0.1, -0.05) is 12.1 Å². The summed E-state index contributed by atoms with van der Waals surface area (Å²) in [6.07, 6.45) is 5.71. The molecule has 4 aromatic rings. The van der Waals surface area contributed by atoms with Gasteiger partial charge in [-0.05, 0) is 31.0 Å². The predicted molar refractivity (Wildman–Crippen MR) is 92.1 cm³/mol. The van der Waals surface area contributed by atoms with E-state index in [4.69, 9.17) is 4.42 Å². The lowest BCUT2D eigenvalue weighted by Gasteiger charge is -2.32. The number of nitrogens with one attached hydrogen (secondary N) is 1. The van der Waals surface area contributed by atoms with Gasteiger partial charge >= 0.3 is 0 Å². The predicted octanol–water partition coefficient (Wildman–Crippen LogP) is 3.48. The summed E-state index contributed by atoms with van der Waals surface area (Å²) in [6.45, 7) is 1.86. The highest BCUT2D eigenvalue weighted by molar-refractivity contribution is 5.87. The largest absolute Gasteiger partial charge is 0.440 e. The van der Waals surface area contributed by atoms with Gasteiger partial charge in [-0.2, -0.15) is 0 Å². The Labute approximate surface area is 138 Å². The second-order valence-electron chi connectivity index (χ2n) is 6.24. The second-order valence-corrected chi connectivity index (χ2v) is 6.24. The van der Waals surface area contributed by atoms with Crippen LogP contribution in [0.5, 0.6) is 0 Å². The third-order valence-corrected chi connectivity index (χ3v) is 4.71. The minimum Gasteiger partial charge on any atom is -0.440 e. The smallest absolute Gasteiger partial charge is 0.200 e. The fourth-order valence-corrected chi connectivity index (χ4v) is 3.55.